The van der Waals surface area contributed by atoms with E-state index in [-0.39, 0.29) is 0 Å². The van der Waals surface area contributed by atoms with Crippen molar-refractivity contribution in [3.05, 3.63) is 74.3 Å². The summed E-state index contributed by atoms with van der Waals surface area (Å²) in [5.41, 5.74) is 5.14. The molecule has 9 heteroatoms. The van der Waals surface area contributed by atoms with E-state index in [0.717, 1.165) is 31.6 Å². The molecule has 3 aromatic heterocycles. The van der Waals surface area contributed by atoms with Gasteiger partial charge in [-0.15, -0.1) is 0 Å². The maximum Gasteiger partial charge on any atom is 0.214 e. The van der Waals surface area contributed by atoms with E-state index in [2.05, 4.69) is 52.5 Å². The Morgan fingerprint density at radius 1 is 1.11 bits per heavy atom. The summed E-state index contributed by atoms with van der Waals surface area (Å²) in [5.74, 6) is 2.25. The molecule has 0 radical (unpaired) electrons. The van der Waals surface area contributed by atoms with E-state index in [0.29, 0.717) is 17.1 Å². The summed E-state index contributed by atoms with van der Waals surface area (Å²) in [5, 5.41) is 7.09. The monoisotopic (exact) mass is 505 g/mol. The molecular formula is C18H13Br2N5OS. The number of H-pyrrole nitrogens is 1. The van der Waals surface area contributed by atoms with Crippen LogP contribution in [0.1, 0.15) is 5.76 Å². The van der Waals surface area contributed by atoms with Crippen LogP contribution in [0, 0.1) is 4.77 Å². The number of hydrogen-bond donors (Lipinski definition) is 2. The summed E-state index contributed by atoms with van der Waals surface area (Å²) in [6.45, 7) is 0.458. The Balaban J connectivity index is 1.55. The fraction of sp³-hybridized carbons (Fsp3) is 0.0556. The molecule has 3 heterocycles. The lowest BCUT2D eigenvalue weighted by Gasteiger charge is -2.08. The van der Waals surface area contributed by atoms with Crippen LogP contribution in [0.5, 0.6) is 0 Å². The molecule has 0 saturated heterocycles. The van der Waals surface area contributed by atoms with E-state index in [1.807, 2.05) is 42.5 Å². The first-order valence-electron chi connectivity index (χ1n) is 7.97. The molecule has 1 aromatic carbocycles. The molecule has 136 valence electrons. The molecule has 6 nitrogen and oxygen atoms in total. The van der Waals surface area contributed by atoms with Crippen molar-refractivity contribution in [3.63, 3.8) is 0 Å². The van der Waals surface area contributed by atoms with Gasteiger partial charge in [-0.05, 0) is 70.6 Å². The summed E-state index contributed by atoms with van der Waals surface area (Å²) < 4.78 is 10.1. The first-order valence-corrected chi connectivity index (χ1v) is 9.97. The van der Waals surface area contributed by atoms with Crippen LogP contribution in [0.3, 0.4) is 0 Å². The molecule has 27 heavy (non-hydrogen) atoms. The molecular weight excluding hydrogens is 494 g/mol. The maximum atomic E-state index is 5.98. The van der Waals surface area contributed by atoms with Crippen LogP contribution < -0.4 is 5.43 Å². The average Bonchev–Trinajstić information content (AvgIpc) is 3.27. The first kappa shape index (κ1) is 18.1. The third-order valence-electron chi connectivity index (χ3n) is 3.88. The zero-order valence-corrected chi connectivity index (χ0v) is 17.8. The Bertz CT molecular complexity index is 1140. The SMILES string of the molecule is S=c1[nH]nc(-c2ccncc2)n1NCc1ccc(-c2ccc(Br)cc2Br)o1. The lowest BCUT2D eigenvalue weighted by molar-refractivity contribution is 0.522. The molecule has 4 rings (SSSR count). The standard InChI is InChI=1S/C18H13Br2N5OS/c19-12-1-3-14(15(20)9-12)16-4-2-13(26-16)10-22-25-17(23-24-18(25)27)11-5-7-21-8-6-11/h1-9,22H,10H2,(H,24,27). The topological polar surface area (TPSA) is 71.7 Å². The number of nitrogens with zero attached hydrogens (tertiary/aromatic N) is 3. The van der Waals surface area contributed by atoms with Crippen molar-refractivity contribution >= 4 is 44.1 Å². The summed E-state index contributed by atoms with van der Waals surface area (Å²) in [6, 6.07) is 13.6. The van der Waals surface area contributed by atoms with E-state index >= 15 is 0 Å². The van der Waals surface area contributed by atoms with Crippen LogP contribution in [0.15, 0.2) is 68.2 Å². The zero-order chi connectivity index (χ0) is 18.8. The second kappa shape index (κ2) is 7.79. The van der Waals surface area contributed by atoms with E-state index in [1.165, 1.54) is 0 Å². The first-order chi connectivity index (χ1) is 13.1. The smallest absolute Gasteiger partial charge is 0.214 e. The summed E-state index contributed by atoms with van der Waals surface area (Å²) in [7, 11) is 0. The highest BCUT2D eigenvalue weighted by Gasteiger charge is 2.11. The molecule has 4 aromatic rings. The fourth-order valence-corrected chi connectivity index (χ4v) is 4.04. The Kier molecular flexibility index (Phi) is 5.24. The van der Waals surface area contributed by atoms with Crippen molar-refractivity contribution < 1.29 is 4.42 Å². The number of aromatic nitrogens is 4. The molecule has 0 spiro atoms. The quantitative estimate of drug-likeness (QED) is 0.348. The highest BCUT2D eigenvalue weighted by atomic mass is 79.9. The number of halogens is 2. The van der Waals surface area contributed by atoms with Gasteiger partial charge in [-0.25, -0.2) is 9.77 Å². The Labute approximate surface area is 176 Å². The van der Waals surface area contributed by atoms with E-state index in [4.69, 9.17) is 16.6 Å². The molecule has 0 saturated carbocycles. The van der Waals surface area contributed by atoms with Gasteiger partial charge in [0.05, 0.1) is 6.54 Å². The van der Waals surface area contributed by atoms with Gasteiger partial charge >= 0.3 is 0 Å². The number of hydrogen-bond acceptors (Lipinski definition) is 5. The number of nitrogens with one attached hydrogen (secondary N) is 2. The molecule has 0 bridgehead atoms. The number of pyridine rings is 1. The van der Waals surface area contributed by atoms with Crippen molar-refractivity contribution in [3.8, 4) is 22.7 Å². The van der Waals surface area contributed by atoms with Gasteiger partial charge in [-0.3, -0.25) is 4.98 Å². The Hall–Kier alpha value is -2.23. The molecule has 0 atom stereocenters. The van der Waals surface area contributed by atoms with Crippen molar-refractivity contribution in [1.82, 2.24) is 19.9 Å². The van der Waals surface area contributed by atoms with Crippen LogP contribution in [0.25, 0.3) is 22.7 Å². The van der Waals surface area contributed by atoms with Gasteiger partial charge < -0.3 is 9.84 Å². The maximum absolute atomic E-state index is 5.98. The molecule has 2 N–H and O–H groups in total. The predicted molar refractivity (Wildman–Crippen MR) is 113 cm³/mol. The summed E-state index contributed by atoms with van der Waals surface area (Å²) in [4.78, 5) is 4.03. The Morgan fingerprint density at radius 3 is 2.70 bits per heavy atom. The van der Waals surface area contributed by atoms with Crippen molar-refractivity contribution in [2.24, 2.45) is 0 Å². The van der Waals surface area contributed by atoms with Gasteiger partial charge in [0.15, 0.2) is 5.82 Å². The highest BCUT2D eigenvalue weighted by Crippen LogP contribution is 2.32. The number of rotatable bonds is 5. The van der Waals surface area contributed by atoms with Gasteiger partial charge in [0, 0.05) is 32.5 Å². The van der Waals surface area contributed by atoms with Crippen LogP contribution in [-0.2, 0) is 6.54 Å². The number of aromatic amines is 1. The van der Waals surface area contributed by atoms with Gasteiger partial charge in [-0.1, -0.05) is 15.9 Å². The second-order valence-corrected chi connectivity index (χ2v) is 7.81. The average molecular weight is 507 g/mol. The third-order valence-corrected chi connectivity index (χ3v) is 5.30. The van der Waals surface area contributed by atoms with Gasteiger partial charge in [0.25, 0.3) is 0 Å². The highest BCUT2D eigenvalue weighted by molar-refractivity contribution is 9.11. The van der Waals surface area contributed by atoms with E-state index in [9.17, 15) is 0 Å². The zero-order valence-electron chi connectivity index (χ0n) is 13.8. The molecule has 0 aliphatic rings. The molecule has 0 amide bonds. The lowest BCUT2D eigenvalue weighted by Crippen LogP contribution is -2.15. The number of furan rings is 1. The molecule has 0 fully saturated rings. The summed E-state index contributed by atoms with van der Waals surface area (Å²) >= 11 is 12.3. The lowest BCUT2D eigenvalue weighted by atomic mass is 10.2. The van der Waals surface area contributed by atoms with Crippen LogP contribution in [0.4, 0.5) is 0 Å². The minimum Gasteiger partial charge on any atom is -0.459 e. The summed E-state index contributed by atoms with van der Waals surface area (Å²) in [6.07, 6.45) is 3.43. The minimum atomic E-state index is 0.458. The number of benzene rings is 1. The minimum absolute atomic E-state index is 0.458. The van der Waals surface area contributed by atoms with Crippen molar-refractivity contribution in [2.75, 3.05) is 5.43 Å². The van der Waals surface area contributed by atoms with Crippen molar-refractivity contribution in [2.45, 2.75) is 6.54 Å². The van der Waals surface area contributed by atoms with Crippen molar-refractivity contribution in [1.29, 1.82) is 0 Å². The predicted octanol–water partition coefficient (Wildman–Crippen LogP) is 5.53. The van der Waals surface area contributed by atoms with Gasteiger partial charge in [-0.2, -0.15) is 5.10 Å². The molecule has 0 unspecified atom stereocenters. The van der Waals surface area contributed by atoms with Gasteiger partial charge in [0.1, 0.15) is 11.5 Å². The van der Waals surface area contributed by atoms with Crippen LogP contribution in [-0.4, -0.2) is 19.9 Å². The molecule has 0 aliphatic carbocycles. The molecule has 0 aliphatic heterocycles. The van der Waals surface area contributed by atoms with E-state index < -0.39 is 0 Å². The van der Waals surface area contributed by atoms with Crippen LogP contribution >= 0.6 is 44.1 Å². The second-order valence-electron chi connectivity index (χ2n) is 5.65. The third kappa shape index (κ3) is 3.90. The van der Waals surface area contributed by atoms with Crippen LogP contribution in [0.2, 0.25) is 0 Å². The van der Waals surface area contributed by atoms with E-state index in [1.54, 1.807) is 17.1 Å². The normalized spacial score (nSPS) is 10.9. The largest absolute Gasteiger partial charge is 0.459 e. The fourth-order valence-electron chi connectivity index (χ4n) is 2.60. The van der Waals surface area contributed by atoms with Gasteiger partial charge in [0.2, 0.25) is 4.77 Å². The Morgan fingerprint density at radius 2 is 1.93 bits per heavy atom.